The zero-order valence-electron chi connectivity index (χ0n) is 8.43. The summed E-state index contributed by atoms with van der Waals surface area (Å²) in [6.07, 6.45) is 0.406. The van der Waals surface area contributed by atoms with E-state index in [0.29, 0.717) is 13.0 Å². The molecule has 14 heavy (non-hydrogen) atoms. The molecule has 1 aromatic rings. The molecule has 0 aliphatic carbocycles. The summed E-state index contributed by atoms with van der Waals surface area (Å²) >= 11 is 3.39. The highest BCUT2D eigenvalue weighted by atomic mass is 79.9. The lowest BCUT2D eigenvalue weighted by atomic mass is 9.99. The highest BCUT2D eigenvalue weighted by Gasteiger charge is 2.13. The normalized spacial score (nSPS) is 10.3. The fourth-order valence-corrected chi connectivity index (χ4v) is 2.03. The Balaban J connectivity index is 3.18. The standard InChI is InChI=1S/C11H14BrNO/c1-7-3-4-9(12)11(8(7)2)10(14)5-6-13/h3-4H,5-6,13H2,1-2H3. The molecule has 2 nitrogen and oxygen atoms in total. The lowest BCUT2D eigenvalue weighted by molar-refractivity contribution is 0.0984. The number of carbonyl (C=O) groups is 1. The summed E-state index contributed by atoms with van der Waals surface area (Å²) in [5, 5.41) is 0. The van der Waals surface area contributed by atoms with E-state index in [1.54, 1.807) is 0 Å². The molecule has 76 valence electrons. The van der Waals surface area contributed by atoms with Crippen LogP contribution in [-0.2, 0) is 0 Å². The Labute approximate surface area is 92.6 Å². The maximum atomic E-state index is 11.7. The maximum absolute atomic E-state index is 11.7. The molecule has 1 aromatic carbocycles. The first-order chi connectivity index (χ1) is 6.57. The second-order valence-corrected chi connectivity index (χ2v) is 4.18. The van der Waals surface area contributed by atoms with Crippen molar-refractivity contribution in [2.75, 3.05) is 6.54 Å². The van der Waals surface area contributed by atoms with Crippen molar-refractivity contribution < 1.29 is 4.79 Å². The molecule has 0 aromatic heterocycles. The van der Waals surface area contributed by atoms with E-state index >= 15 is 0 Å². The van der Waals surface area contributed by atoms with Gasteiger partial charge >= 0.3 is 0 Å². The molecule has 0 aliphatic heterocycles. The Morgan fingerprint density at radius 3 is 2.64 bits per heavy atom. The number of benzene rings is 1. The lowest BCUT2D eigenvalue weighted by Crippen LogP contribution is -2.10. The molecule has 0 atom stereocenters. The van der Waals surface area contributed by atoms with Gasteiger partial charge in [-0.2, -0.15) is 0 Å². The van der Waals surface area contributed by atoms with Crippen molar-refractivity contribution in [3.63, 3.8) is 0 Å². The lowest BCUT2D eigenvalue weighted by Gasteiger charge is -2.09. The number of rotatable bonds is 3. The van der Waals surface area contributed by atoms with Gasteiger partial charge in [-0.25, -0.2) is 0 Å². The second-order valence-electron chi connectivity index (χ2n) is 3.33. The molecule has 0 heterocycles. The topological polar surface area (TPSA) is 43.1 Å². The highest BCUT2D eigenvalue weighted by molar-refractivity contribution is 9.10. The molecule has 1 rings (SSSR count). The zero-order valence-corrected chi connectivity index (χ0v) is 10.0. The first-order valence-corrected chi connectivity index (χ1v) is 5.36. The van der Waals surface area contributed by atoms with Crippen molar-refractivity contribution in [1.29, 1.82) is 0 Å². The molecule has 0 saturated carbocycles. The van der Waals surface area contributed by atoms with E-state index < -0.39 is 0 Å². The first kappa shape index (κ1) is 11.4. The molecule has 2 N–H and O–H groups in total. The summed E-state index contributed by atoms with van der Waals surface area (Å²) in [6.45, 7) is 4.36. The van der Waals surface area contributed by atoms with E-state index in [1.807, 2.05) is 26.0 Å². The van der Waals surface area contributed by atoms with Gasteiger partial charge in [-0.05, 0) is 37.6 Å². The van der Waals surface area contributed by atoms with Crippen molar-refractivity contribution in [2.24, 2.45) is 5.73 Å². The minimum absolute atomic E-state index is 0.112. The number of hydrogen-bond acceptors (Lipinski definition) is 2. The number of halogens is 1. The van der Waals surface area contributed by atoms with Crippen LogP contribution < -0.4 is 5.73 Å². The summed E-state index contributed by atoms with van der Waals surface area (Å²) < 4.78 is 0.860. The first-order valence-electron chi connectivity index (χ1n) is 4.57. The van der Waals surface area contributed by atoms with Gasteiger partial charge in [0.25, 0.3) is 0 Å². The number of Topliss-reactive ketones (excluding diaryl/α,β-unsaturated/α-hetero) is 1. The van der Waals surface area contributed by atoms with Crippen molar-refractivity contribution >= 4 is 21.7 Å². The summed E-state index contributed by atoms with van der Waals surface area (Å²) in [6, 6.07) is 3.91. The van der Waals surface area contributed by atoms with Crippen LogP contribution in [0.1, 0.15) is 27.9 Å². The van der Waals surface area contributed by atoms with Crippen LogP contribution in [0, 0.1) is 13.8 Å². The van der Waals surface area contributed by atoms with Crippen LogP contribution in [0.25, 0.3) is 0 Å². The van der Waals surface area contributed by atoms with E-state index in [4.69, 9.17) is 5.73 Å². The van der Waals surface area contributed by atoms with Crippen LogP contribution in [0.4, 0.5) is 0 Å². The number of hydrogen-bond donors (Lipinski definition) is 1. The second kappa shape index (κ2) is 4.71. The number of nitrogens with two attached hydrogens (primary N) is 1. The van der Waals surface area contributed by atoms with Gasteiger partial charge < -0.3 is 5.73 Å². The summed E-state index contributed by atoms with van der Waals surface area (Å²) in [5.41, 5.74) is 8.31. The van der Waals surface area contributed by atoms with E-state index in [2.05, 4.69) is 15.9 Å². The Morgan fingerprint density at radius 1 is 1.43 bits per heavy atom. The van der Waals surface area contributed by atoms with Gasteiger partial charge in [-0.15, -0.1) is 0 Å². The van der Waals surface area contributed by atoms with Crippen LogP contribution in [0.5, 0.6) is 0 Å². The molecule has 0 bridgehead atoms. The van der Waals surface area contributed by atoms with Gasteiger partial charge in [0.05, 0.1) is 0 Å². The third-order valence-corrected chi connectivity index (χ3v) is 3.00. The summed E-state index contributed by atoms with van der Waals surface area (Å²) in [7, 11) is 0. The Hall–Kier alpha value is -0.670. The van der Waals surface area contributed by atoms with E-state index in [0.717, 1.165) is 21.2 Å². The number of aryl methyl sites for hydroxylation is 1. The van der Waals surface area contributed by atoms with Crippen LogP contribution in [-0.4, -0.2) is 12.3 Å². The van der Waals surface area contributed by atoms with Gasteiger partial charge in [0.15, 0.2) is 5.78 Å². The van der Waals surface area contributed by atoms with E-state index in [9.17, 15) is 4.79 Å². The zero-order chi connectivity index (χ0) is 10.7. The molecule has 0 radical (unpaired) electrons. The van der Waals surface area contributed by atoms with Gasteiger partial charge in [-0.3, -0.25) is 4.79 Å². The van der Waals surface area contributed by atoms with Gasteiger partial charge in [0, 0.05) is 16.5 Å². The minimum Gasteiger partial charge on any atom is -0.330 e. The molecule has 0 fully saturated rings. The summed E-state index contributed by atoms with van der Waals surface area (Å²) in [5.74, 6) is 0.112. The SMILES string of the molecule is Cc1ccc(Br)c(C(=O)CCN)c1C. The molecule has 0 spiro atoms. The van der Waals surface area contributed by atoms with Gasteiger partial charge in [0.1, 0.15) is 0 Å². The third-order valence-electron chi connectivity index (χ3n) is 2.34. The van der Waals surface area contributed by atoms with Gasteiger partial charge in [0.2, 0.25) is 0 Å². The molecule has 0 saturated heterocycles. The molecule has 3 heteroatoms. The molecule has 0 unspecified atom stereocenters. The average molecular weight is 256 g/mol. The highest BCUT2D eigenvalue weighted by Crippen LogP contribution is 2.24. The smallest absolute Gasteiger partial charge is 0.165 e. The van der Waals surface area contributed by atoms with Crippen LogP contribution in [0.2, 0.25) is 0 Å². The number of ketones is 1. The number of carbonyl (C=O) groups excluding carboxylic acids is 1. The van der Waals surface area contributed by atoms with Gasteiger partial charge in [-0.1, -0.05) is 22.0 Å². The van der Waals surface area contributed by atoms with Crippen molar-refractivity contribution in [1.82, 2.24) is 0 Å². The molecular formula is C11H14BrNO. The molecular weight excluding hydrogens is 242 g/mol. The minimum atomic E-state index is 0.112. The third kappa shape index (κ3) is 2.22. The fraction of sp³-hybridized carbons (Fsp3) is 0.364. The van der Waals surface area contributed by atoms with Crippen LogP contribution >= 0.6 is 15.9 Å². The fourth-order valence-electron chi connectivity index (χ4n) is 1.38. The average Bonchev–Trinajstić information content (AvgIpc) is 2.13. The van der Waals surface area contributed by atoms with E-state index in [-0.39, 0.29) is 5.78 Å². The van der Waals surface area contributed by atoms with Crippen molar-refractivity contribution in [3.8, 4) is 0 Å². The van der Waals surface area contributed by atoms with Crippen LogP contribution in [0.3, 0.4) is 0 Å². The maximum Gasteiger partial charge on any atom is 0.165 e. The predicted octanol–water partition coefficient (Wildman–Crippen LogP) is 2.60. The quantitative estimate of drug-likeness (QED) is 0.844. The van der Waals surface area contributed by atoms with Crippen molar-refractivity contribution in [3.05, 3.63) is 33.3 Å². The predicted molar refractivity (Wildman–Crippen MR) is 61.6 cm³/mol. The monoisotopic (exact) mass is 255 g/mol. The molecule has 0 aliphatic rings. The van der Waals surface area contributed by atoms with Crippen LogP contribution in [0.15, 0.2) is 16.6 Å². The Morgan fingerprint density at radius 2 is 2.07 bits per heavy atom. The Bertz CT molecular complexity index is 361. The summed E-state index contributed by atoms with van der Waals surface area (Å²) in [4.78, 5) is 11.7. The largest absolute Gasteiger partial charge is 0.330 e. The Kier molecular flexibility index (Phi) is 3.84. The molecule has 0 amide bonds. The van der Waals surface area contributed by atoms with Crippen molar-refractivity contribution in [2.45, 2.75) is 20.3 Å². The van der Waals surface area contributed by atoms with E-state index in [1.165, 1.54) is 0 Å².